The van der Waals surface area contributed by atoms with Gasteiger partial charge < -0.3 is 14.7 Å². The predicted molar refractivity (Wildman–Crippen MR) is 99.2 cm³/mol. The van der Waals surface area contributed by atoms with E-state index in [9.17, 15) is 4.79 Å². The van der Waals surface area contributed by atoms with E-state index in [4.69, 9.17) is 9.84 Å². The molecule has 0 spiro atoms. The number of rotatable bonds is 7. The van der Waals surface area contributed by atoms with E-state index in [1.165, 1.54) is 32.4 Å². The van der Waals surface area contributed by atoms with Crippen LogP contribution in [0.1, 0.15) is 36.0 Å². The Bertz CT molecular complexity index is 673. The molecule has 2 aromatic carbocycles. The second-order valence-corrected chi connectivity index (χ2v) is 6.51. The molecule has 0 atom stereocenters. The van der Waals surface area contributed by atoms with E-state index in [-0.39, 0.29) is 0 Å². The molecule has 1 saturated heterocycles. The fourth-order valence-electron chi connectivity index (χ4n) is 3.21. The molecule has 4 nitrogen and oxygen atoms in total. The molecular formula is C21H25NO3. The summed E-state index contributed by atoms with van der Waals surface area (Å²) in [4.78, 5) is 13.4. The van der Waals surface area contributed by atoms with Crippen molar-refractivity contribution < 1.29 is 14.6 Å². The largest absolute Gasteiger partial charge is 0.494 e. The fraction of sp³-hybridized carbons (Fsp3) is 0.381. The summed E-state index contributed by atoms with van der Waals surface area (Å²) in [5, 5.41) is 8.95. The van der Waals surface area contributed by atoms with Gasteiger partial charge in [0.05, 0.1) is 12.2 Å². The number of carboxylic acids is 1. The van der Waals surface area contributed by atoms with Gasteiger partial charge in [0.15, 0.2) is 0 Å². The van der Waals surface area contributed by atoms with Crippen LogP contribution in [-0.4, -0.2) is 42.2 Å². The Kier molecular flexibility index (Phi) is 6.07. The number of benzene rings is 2. The molecule has 0 amide bonds. The van der Waals surface area contributed by atoms with Gasteiger partial charge in [-0.3, -0.25) is 0 Å². The van der Waals surface area contributed by atoms with Crippen molar-refractivity contribution in [3.05, 3.63) is 54.1 Å². The summed E-state index contributed by atoms with van der Waals surface area (Å²) in [5.41, 5.74) is 2.36. The first-order valence-electron chi connectivity index (χ1n) is 9.01. The molecule has 2 aromatic rings. The number of ether oxygens (including phenoxy) is 1. The third-order valence-corrected chi connectivity index (χ3v) is 4.66. The van der Waals surface area contributed by atoms with Crippen LogP contribution in [-0.2, 0) is 0 Å². The first kappa shape index (κ1) is 17.5. The number of carboxylic acid groups (broad SMARTS) is 1. The lowest BCUT2D eigenvalue weighted by Crippen LogP contribution is -2.31. The lowest BCUT2D eigenvalue weighted by Gasteiger charge is -2.26. The summed E-state index contributed by atoms with van der Waals surface area (Å²) in [6.07, 6.45) is 5.09. The number of nitrogens with zero attached hydrogens (tertiary/aromatic N) is 1. The zero-order valence-electron chi connectivity index (χ0n) is 14.5. The zero-order chi connectivity index (χ0) is 17.5. The molecule has 1 aliphatic rings. The minimum atomic E-state index is -0.903. The molecular weight excluding hydrogens is 314 g/mol. The van der Waals surface area contributed by atoms with Crippen molar-refractivity contribution >= 4 is 5.97 Å². The molecule has 1 N–H and O–H groups in total. The number of aromatic carboxylic acids is 1. The smallest absolute Gasteiger partial charge is 0.335 e. The van der Waals surface area contributed by atoms with Gasteiger partial charge in [0.25, 0.3) is 0 Å². The first-order valence-corrected chi connectivity index (χ1v) is 9.01. The molecule has 4 heteroatoms. The summed E-state index contributed by atoms with van der Waals surface area (Å²) in [5.74, 6) is -0.0237. The third-order valence-electron chi connectivity index (χ3n) is 4.66. The second kappa shape index (κ2) is 8.67. The van der Waals surface area contributed by atoms with E-state index in [0.717, 1.165) is 36.4 Å². The van der Waals surface area contributed by atoms with Gasteiger partial charge in [0.2, 0.25) is 0 Å². The Labute approximate surface area is 149 Å². The van der Waals surface area contributed by atoms with Crippen LogP contribution in [0.3, 0.4) is 0 Å². The van der Waals surface area contributed by atoms with Crippen molar-refractivity contribution in [1.29, 1.82) is 0 Å². The second-order valence-electron chi connectivity index (χ2n) is 6.51. The lowest BCUT2D eigenvalue weighted by atomic mass is 10.0. The standard InChI is InChI=1S/C21H25NO3/c23-21(24)19-7-5-17(6-8-19)18-9-11-20(12-10-18)25-16-4-15-22-13-2-1-3-14-22/h5-12H,1-4,13-16H2,(H,23,24). The maximum Gasteiger partial charge on any atom is 0.335 e. The SMILES string of the molecule is O=C(O)c1ccc(-c2ccc(OCCCN3CCCCC3)cc2)cc1. The average Bonchev–Trinajstić information content (AvgIpc) is 2.67. The molecule has 0 saturated carbocycles. The molecule has 0 bridgehead atoms. The Morgan fingerprint density at radius 1 is 0.920 bits per heavy atom. The van der Waals surface area contributed by atoms with Crippen molar-refractivity contribution in [1.82, 2.24) is 4.90 Å². The number of hydrogen-bond acceptors (Lipinski definition) is 3. The predicted octanol–water partition coefficient (Wildman–Crippen LogP) is 4.31. The van der Waals surface area contributed by atoms with E-state index in [1.54, 1.807) is 12.1 Å². The van der Waals surface area contributed by atoms with Gasteiger partial charge in [-0.2, -0.15) is 0 Å². The van der Waals surface area contributed by atoms with Crippen LogP contribution in [0.4, 0.5) is 0 Å². The Morgan fingerprint density at radius 2 is 1.52 bits per heavy atom. The van der Waals surface area contributed by atoms with E-state index in [0.29, 0.717) is 5.56 Å². The van der Waals surface area contributed by atoms with Gasteiger partial charge in [-0.25, -0.2) is 4.79 Å². The molecule has 1 fully saturated rings. The Hall–Kier alpha value is -2.33. The van der Waals surface area contributed by atoms with Gasteiger partial charge in [-0.15, -0.1) is 0 Å². The molecule has 132 valence electrons. The Morgan fingerprint density at radius 3 is 2.12 bits per heavy atom. The number of piperidine rings is 1. The zero-order valence-corrected chi connectivity index (χ0v) is 14.5. The summed E-state index contributed by atoms with van der Waals surface area (Å²) in [7, 11) is 0. The van der Waals surface area contributed by atoms with Gasteiger partial charge in [0, 0.05) is 6.54 Å². The topological polar surface area (TPSA) is 49.8 Å². The van der Waals surface area contributed by atoms with Crippen LogP contribution in [0.25, 0.3) is 11.1 Å². The summed E-state index contributed by atoms with van der Waals surface area (Å²) < 4.78 is 5.83. The van der Waals surface area contributed by atoms with Crippen LogP contribution in [0.15, 0.2) is 48.5 Å². The monoisotopic (exact) mass is 339 g/mol. The van der Waals surface area contributed by atoms with Crippen molar-refractivity contribution in [2.45, 2.75) is 25.7 Å². The van der Waals surface area contributed by atoms with Gasteiger partial charge in [-0.1, -0.05) is 30.7 Å². The van der Waals surface area contributed by atoms with Gasteiger partial charge >= 0.3 is 5.97 Å². The minimum Gasteiger partial charge on any atom is -0.494 e. The first-order chi connectivity index (χ1) is 12.2. The number of hydrogen-bond donors (Lipinski definition) is 1. The maximum absolute atomic E-state index is 10.9. The average molecular weight is 339 g/mol. The van der Waals surface area contributed by atoms with E-state index in [1.807, 2.05) is 36.4 Å². The van der Waals surface area contributed by atoms with Crippen LogP contribution in [0, 0.1) is 0 Å². The van der Waals surface area contributed by atoms with Crippen molar-refractivity contribution in [2.24, 2.45) is 0 Å². The third kappa shape index (κ3) is 5.07. The Balaban J connectivity index is 1.47. The van der Waals surface area contributed by atoms with Crippen LogP contribution >= 0.6 is 0 Å². The molecule has 0 aliphatic carbocycles. The van der Waals surface area contributed by atoms with Crippen LogP contribution < -0.4 is 4.74 Å². The molecule has 3 rings (SSSR count). The molecule has 0 aromatic heterocycles. The highest BCUT2D eigenvalue weighted by atomic mass is 16.5. The lowest BCUT2D eigenvalue weighted by molar-refractivity contribution is 0.0697. The van der Waals surface area contributed by atoms with Gasteiger partial charge in [0.1, 0.15) is 5.75 Å². The molecule has 25 heavy (non-hydrogen) atoms. The van der Waals surface area contributed by atoms with Crippen molar-refractivity contribution in [3.8, 4) is 16.9 Å². The fourth-order valence-corrected chi connectivity index (χ4v) is 3.21. The summed E-state index contributed by atoms with van der Waals surface area (Å²) in [6, 6.07) is 14.9. The van der Waals surface area contributed by atoms with Crippen LogP contribution in [0.5, 0.6) is 5.75 Å². The highest BCUT2D eigenvalue weighted by molar-refractivity contribution is 5.88. The summed E-state index contributed by atoms with van der Waals surface area (Å²) >= 11 is 0. The summed E-state index contributed by atoms with van der Waals surface area (Å²) in [6.45, 7) is 4.32. The highest BCUT2D eigenvalue weighted by Crippen LogP contribution is 2.23. The van der Waals surface area contributed by atoms with Gasteiger partial charge in [-0.05, 0) is 67.7 Å². The van der Waals surface area contributed by atoms with Crippen LogP contribution in [0.2, 0.25) is 0 Å². The normalized spacial score (nSPS) is 15.0. The molecule has 0 radical (unpaired) electrons. The molecule has 0 unspecified atom stereocenters. The number of likely N-dealkylation sites (tertiary alicyclic amines) is 1. The van der Waals surface area contributed by atoms with Crippen molar-refractivity contribution in [3.63, 3.8) is 0 Å². The minimum absolute atomic E-state index is 0.303. The highest BCUT2D eigenvalue weighted by Gasteiger charge is 2.09. The molecule has 1 heterocycles. The quantitative estimate of drug-likeness (QED) is 0.764. The maximum atomic E-state index is 10.9. The van der Waals surface area contributed by atoms with E-state index in [2.05, 4.69) is 4.90 Å². The molecule has 1 aliphatic heterocycles. The number of carbonyl (C=O) groups is 1. The van der Waals surface area contributed by atoms with Crippen molar-refractivity contribution in [2.75, 3.05) is 26.2 Å². The van der Waals surface area contributed by atoms with E-state index < -0.39 is 5.97 Å². The van der Waals surface area contributed by atoms with E-state index >= 15 is 0 Å².